The number of carbonyl (C=O) groups is 1. The molecule has 6 heteroatoms. The highest BCUT2D eigenvalue weighted by molar-refractivity contribution is 6.42. The number of likely N-dealkylation sites (tertiary alicyclic amines) is 1. The summed E-state index contributed by atoms with van der Waals surface area (Å²) in [7, 11) is 1.65. The summed E-state index contributed by atoms with van der Waals surface area (Å²) in [5.41, 5.74) is 1.22. The monoisotopic (exact) mass is 393 g/mol. The molecule has 2 unspecified atom stereocenters. The summed E-state index contributed by atoms with van der Waals surface area (Å²) in [5, 5.41) is 0.732. The number of hydrogen-bond acceptors (Lipinski definition) is 3. The highest BCUT2D eigenvalue weighted by Gasteiger charge is 2.31. The first-order valence-corrected chi connectivity index (χ1v) is 9.28. The van der Waals surface area contributed by atoms with Gasteiger partial charge in [-0.2, -0.15) is 0 Å². The van der Waals surface area contributed by atoms with Gasteiger partial charge in [-0.05, 0) is 43.2 Å². The molecule has 2 atom stereocenters. The Morgan fingerprint density at radius 3 is 2.62 bits per heavy atom. The first kappa shape index (κ1) is 18.9. The van der Waals surface area contributed by atoms with Crippen LogP contribution in [0.25, 0.3) is 0 Å². The van der Waals surface area contributed by atoms with Crippen molar-refractivity contribution in [3.63, 3.8) is 0 Å². The molecule has 1 heterocycles. The van der Waals surface area contributed by atoms with Crippen LogP contribution >= 0.6 is 23.2 Å². The molecule has 0 saturated carbocycles. The Balaban J connectivity index is 1.62. The number of halogens is 2. The van der Waals surface area contributed by atoms with Crippen LogP contribution in [0.3, 0.4) is 0 Å². The van der Waals surface area contributed by atoms with Gasteiger partial charge in [0.15, 0.2) is 6.10 Å². The van der Waals surface area contributed by atoms with Crippen molar-refractivity contribution in [1.29, 1.82) is 0 Å². The zero-order valence-corrected chi connectivity index (χ0v) is 16.3. The van der Waals surface area contributed by atoms with Crippen LogP contribution in [0.5, 0.6) is 11.5 Å². The van der Waals surface area contributed by atoms with Crippen molar-refractivity contribution in [3.05, 3.63) is 58.1 Å². The highest BCUT2D eigenvalue weighted by Crippen LogP contribution is 2.33. The molecule has 0 aliphatic carbocycles. The normalized spacial score (nSPS) is 17.8. The predicted octanol–water partition coefficient (Wildman–Crippen LogP) is 4.79. The number of nitrogens with zero attached hydrogens (tertiary/aromatic N) is 1. The van der Waals surface area contributed by atoms with E-state index >= 15 is 0 Å². The van der Waals surface area contributed by atoms with Crippen LogP contribution in [0, 0.1) is 0 Å². The fraction of sp³-hybridized carbons (Fsp3) is 0.350. The maximum Gasteiger partial charge on any atom is 0.263 e. The van der Waals surface area contributed by atoms with Gasteiger partial charge in [-0.1, -0.05) is 41.4 Å². The quantitative estimate of drug-likeness (QED) is 0.732. The molecule has 0 radical (unpaired) electrons. The van der Waals surface area contributed by atoms with Gasteiger partial charge in [0.1, 0.15) is 16.5 Å². The molecule has 3 rings (SSSR count). The Kier molecular flexibility index (Phi) is 5.94. The van der Waals surface area contributed by atoms with Crippen LogP contribution in [0.4, 0.5) is 0 Å². The van der Waals surface area contributed by atoms with Crippen molar-refractivity contribution >= 4 is 29.1 Å². The van der Waals surface area contributed by atoms with E-state index in [0.29, 0.717) is 34.8 Å². The van der Waals surface area contributed by atoms with Crippen LogP contribution in [-0.4, -0.2) is 37.1 Å². The molecule has 138 valence electrons. The minimum atomic E-state index is -0.624. The molecule has 2 aromatic carbocycles. The van der Waals surface area contributed by atoms with Gasteiger partial charge in [-0.3, -0.25) is 4.79 Å². The molecule has 1 aliphatic rings. The maximum absolute atomic E-state index is 12.7. The molecular weight excluding hydrogens is 373 g/mol. The summed E-state index contributed by atoms with van der Waals surface area (Å²) in [6, 6.07) is 13.2. The lowest BCUT2D eigenvalue weighted by Crippen LogP contribution is -2.39. The third kappa shape index (κ3) is 4.08. The van der Waals surface area contributed by atoms with E-state index in [-0.39, 0.29) is 5.91 Å². The Labute approximate surface area is 163 Å². The van der Waals surface area contributed by atoms with Crippen LogP contribution in [0.2, 0.25) is 10.0 Å². The molecular formula is C20H21Cl2NO3. The van der Waals surface area contributed by atoms with Gasteiger partial charge in [0, 0.05) is 19.0 Å². The van der Waals surface area contributed by atoms with Gasteiger partial charge in [0.05, 0.1) is 12.1 Å². The van der Waals surface area contributed by atoms with Crippen molar-refractivity contribution in [2.24, 2.45) is 0 Å². The smallest absolute Gasteiger partial charge is 0.263 e. The van der Waals surface area contributed by atoms with Crippen LogP contribution in [0.1, 0.15) is 24.8 Å². The summed E-state index contributed by atoms with van der Waals surface area (Å²) in [6.45, 7) is 3.13. The van der Waals surface area contributed by atoms with Crippen LogP contribution in [-0.2, 0) is 4.79 Å². The standard InChI is InChI=1S/C20H21Cl2NO3/c1-13(26-18-5-3-4-17(21)19(18)22)20(24)23-11-10-15(12-23)14-6-8-16(25-2)9-7-14/h3-9,13,15H,10-12H2,1-2H3. The Morgan fingerprint density at radius 2 is 1.92 bits per heavy atom. The minimum absolute atomic E-state index is 0.0444. The second kappa shape index (κ2) is 8.19. The first-order chi connectivity index (χ1) is 12.5. The van der Waals surface area contributed by atoms with Gasteiger partial charge < -0.3 is 14.4 Å². The summed E-state index contributed by atoms with van der Waals surface area (Å²) < 4.78 is 10.9. The molecule has 26 heavy (non-hydrogen) atoms. The summed E-state index contributed by atoms with van der Waals surface area (Å²) in [5.74, 6) is 1.54. The molecule has 4 nitrogen and oxygen atoms in total. The zero-order valence-electron chi connectivity index (χ0n) is 14.7. The van der Waals surface area contributed by atoms with E-state index in [1.807, 2.05) is 17.0 Å². The molecule has 1 saturated heterocycles. The number of amides is 1. The van der Waals surface area contributed by atoms with Crippen molar-refractivity contribution in [2.45, 2.75) is 25.4 Å². The third-order valence-electron chi connectivity index (χ3n) is 4.65. The number of carbonyl (C=O) groups excluding carboxylic acids is 1. The second-order valence-corrected chi connectivity index (χ2v) is 7.14. The number of benzene rings is 2. The van der Waals surface area contributed by atoms with E-state index in [4.69, 9.17) is 32.7 Å². The van der Waals surface area contributed by atoms with Crippen molar-refractivity contribution in [2.75, 3.05) is 20.2 Å². The predicted molar refractivity (Wildman–Crippen MR) is 103 cm³/mol. The van der Waals surface area contributed by atoms with Crippen molar-refractivity contribution < 1.29 is 14.3 Å². The fourth-order valence-electron chi connectivity index (χ4n) is 3.18. The van der Waals surface area contributed by atoms with Crippen LogP contribution in [0.15, 0.2) is 42.5 Å². The molecule has 1 aliphatic heterocycles. The third-order valence-corrected chi connectivity index (χ3v) is 5.46. The molecule has 1 amide bonds. The lowest BCUT2D eigenvalue weighted by Gasteiger charge is -2.22. The first-order valence-electron chi connectivity index (χ1n) is 8.53. The number of rotatable bonds is 5. The topological polar surface area (TPSA) is 38.8 Å². The Bertz CT molecular complexity index is 779. The summed E-state index contributed by atoms with van der Waals surface area (Å²) in [4.78, 5) is 14.6. The second-order valence-electron chi connectivity index (χ2n) is 6.36. The van der Waals surface area contributed by atoms with E-state index in [2.05, 4.69) is 12.1 Å². The highest BCUT2D eigenvalue weighted by atomic mass is 35.5. The largest absolute Gasteiger partial charge is 0.497 e. The number of hydrogen-bond donors (Lipinski definition) is 0. The van der Waals surface area contributed by atoms with Gasteiger partial charge in [0.2, 0.25) is 0 Å². The zero-order chi connectivity index (χ0) is 18.7. The molecule has 2 aromatic rings. The van der Waals surface area contributed by atoms with E-state index < -0.39 is 6.10 Å². The summed E-state index contributed by atoms with van der Waals surface area (Å²) >= 11 is 12.1. The Hall–Kier alpha value is -1.91. The molecule has 0 bridgehead atoms. The summed E-state index contributed by atoms with van der Waals surface area (Å²) in [6.07, 6.45) is 0.309. The van der Waals surface area contributed by atoms with Crippen LogP contribution < -0.4 is 9.47 Å². The molecule has 0 spiro atoms. The van der Waals surface area contributed by atoms with Crippen molar-refractivity contribution in [3.8, 4) is 11.5 Å². The van der Waals surface area contributed by atoms with E-state index in [1.54, 1.807) is 32.2 Å². The van der Waals surface area contributed by atoms with E-state index in [9.17, 15) is 4.79 Å². The number of ether oxygens (including phenoxy) is 2. The van der Waals surface area contributed by atoms with Gasteiger partial charge in [-0.25, -0.2) is 0 Å². The molecule has 0 aromatic heterocycles. The number of methoxy groups -OCH3 is 1. The Morgan fingerprint density at radius 1 is 1.19 bits per heavy atom. The van der Waals surface area contributed by atoms with E-state index in [0.717, 1.165) is 12.2 Å². The average molecular weight is 394 g/mol. The van der Waals surface area contributed by atoms with Gasteiger partial charge >= 0.3 is 0 Å². The molecule has 0 N–H and O–H groups in total. The lowest BCUT2D eigenvalue weighted by atomic mass is 9.98. The minimum Gasteiger partial charge on any atom is -0.497 e. The maximum atomic E-state index is 12.7. The van der Waals surface area contributed by atoms with E-state index in [1.165, 1.54) is 5.56 Å². The average Bonchev–Trinajstić information content (AvgIpc) is 3.15. The SMILES string of the molecule is COc1ccc(C2CCN(C(=O)C(C)Oc3cccc(Cl)c3Cl)C2)cc1. The molecule has 1 fully saturated rings. The van der Waals surface area contributed by atoms with Crippen molar-refractivity contribution in [1.82, 2.24) is 4.90 Å². The van der Waals surface area contributed by atoms with Gasteiger partial charge in [0.25, 0.3) is 5.91 Å². The lowest BCUT2D eigenvalue weighted by molar-refractivity contribution is -0.136. The fourth-order valence-corrected chi connectivity index (χ4v) is 3.52. The van der Waals surface area contributed by atoms with Gasteiger partial charge in [-0.15, -0.1) is 0 Å².